The topological polar surface area (TPSA) is 141 Å². The molecular formula is C32H32F5N7O5S. The molecule has 0 radical (unpaired) electrons. The molecule has 2 fully saturated rings. The molecule has 18 heteroatoms. The van der Waals surface area contributed by atoms with E-state index in [1.807, 2.05) is 11.9 Å². The number of nitrogens with zero attached hydrogens (tertiary/aromatic N) is 5. The number of likely N-dealkylation sites (N-methyl/N-ethyl adjacent to an activating group) is 1. The summed E-state index contributed by atoms with van der Waals surface area (Å²) in [4.78, 5) is 35.7. The van der Waals surface area contributed by atoms with E-state index >= 15 is 0 Å². The van der Waals surface area contributed by atoms with Crippen molar-refractivity contribution >= 4 is 49.9 Å². The van der Waals surface area contributed by atoms with Gasteiger partial charge in [0.05, 0.1) is 22.5 Å². The molecule has 4 heterocycles. The largest absolute Gasteiger partial charge is 0.471 e. The second kappa shape index (κ2) is 13.9. The number of sulfone groups is 1. The van der Waals surface area contributed by atoms with Gasteiger partial charge in [-0.3, -0.25) is 14.7 Å². The molecule has 0 spiro atoms. The molecule has 0 unspecified atom stereocenters. The fraction of sp³-hybridized carbons (Fsp3) is 0.375. The third kappa shape index (κ3) is 7.41. The van der Waals surface area contributed by atoms with Crippen molar-refractivity contribution in [1.82, 2.24) is 20.1 Å². The molecule has 2 aromatic heterocycles. The van der Waals surface area contributed by atoms with Gasteiger partial charge in [0.2, 0.25) is 0 Å². The Morgan fingerprint density at radius 3 is 2.44 bits per heavy atom. The van der Waals surface area contributed by atoms with Crippen LogP contribution >= 0.6 is 0 Å². The van der Waals surface area contributed by atoms with Gasteiger partial charge in [-0.2, -0.15) is 18.3 Å². The van der Waals surface area contributed by atoms with Crippen LogP contribution in [0.1, 0.15) is 28.8 Å². The molecule has 6 rings (SSSR count). The normalized spacial score (nSPS) is 16.5. The highest BCUT2D eigenvalue weighted by atomic mass is 32.2. The molecule has 2 saturated heterocycles. The van der Waals surface area contributed by atoms with Crippen LogP contribution in [-0.2, 0) is 25.1 Å². The van der Waals surface area contributed by atoms with Crippen molar-refractivity contribution in [2.24, 2.45) is 0 Å². The highest BCUT2D eigenvalue weighted by Gasteiger charge is 2.46. The molecule has 2 aromatic carbocycles. The lowest BCUT2D eigenvalue weighted by Gasteiger charge is -2.37. The Morgan fingerprint density at radius 2 is 1.74 bits per heavy atom. The van der Waals surface area contributed by atoms with Crippen LogP contribution in [-0.4, -0.2) is 99.0 Å². The van der Waals surface area contributed by atoms with Crippen molar-refractivity contribution in [1.29, 1.82) is 0 Å². The Bertz CT molecular complexity index is 2030. The number of anilines is 3. The SMILES string of the molecule is CN1CCN(c2ccc(C(=O)Nc3n[nH]c4ccc(S(=O)(=O)Cc5cc(F)ccc5F)nc34)c(N(C(=O)C(F)(F)F)C3CCOCC3)c2)CC1. The summed E-state index contributed by atoms with van der Waals surface area (Å²) >= 11 is 0. The average Bonchev–Trinajstić information content (AvgIpc) is 3.48. The second-order valence-corrected chi connectivity index (χ2v) is 14.0. The van der Waals surface area contributed by atoms with Gasteiger partial charge in [-0.1, -0.05) is 0 Å². The van der Waals surface area contributed by atoms with E-state index in [0.29, 0.717) is 36.8 Å². The van der Waals surface area contributed by atoms with E-state index < -0.39 is 61.8 Å². The molecule has 0 atom stereocenters. The number of pyridine rings is 1. The van der Waals surface area contributed by atoms with Crippen molar-refractivity contribution in [2.75, 3.05) is 61.6 Å². The lowest BCUT2D eigenvalue weighted by Crippen LogP contribution is -2.50. The Hall–Kier alpha value is -4.68. The highest BCUT2D eigenvalue weighted by Crippen LogP contribution is 2.35. The molecule has 2 aliphatic heterocycles. The molecule has 2 N–H and O–H groups in total. The molecule has 0 aliphatic carbocycles. The molecule has 50 heavy (non-hydrogen) atoms. The molecule has 0 bridgehead atoms. The molecule has 2 amide bonds. The molecular weight excluding hydrogens is 689 g/mol. The van der Waals surface area contributed by atoms with E-state index in [2.05, 4.69) is 25.4 Å². The van der Waals surface area contributed by atoms with Crippen molar-refractivity contribution in [3.8, 4) is 0 Å². The first-order valence-corrected chi connectivity index (χ1v) is 17.3. The highest BCUT2D eigenvalue weighted by molar-refractivity contribution is 7.90. The quantitative estimate of drug-likeness (QED) is 0.255. The van der Waals surface area contributed by atoms with Crippen molar-refractivity contribution in [2.45, 2.75) is 35.8 Å². The minimum absolute atomic E-state index is 0.103. The summed E-state index contributed by atoms with van der Waals surface area (Å²) in [6.07, 6.45) is -5.05. The van der Waals surface area contributed by atoms with Crippen LogP contribution in [0.2, 0.25) is 0 Å². The minimum Gasteiger partial charge on any atom is -0.381 e. The Kier molecular flexibility index (Phi) is 9.78. The van der Waals surface area contributed by atoms with E-state index in [1.165, 1.54) is 18.2 Å². The van der Waals surface area contributed by atoms with Crippen LogP contribution in [0, 0.1) is 11.6 Å². The van der Waals surface area contributed by atoms with Crippen LogP contribution in [0.3, 0.4) is 0 Å². The zero-order chi connectivity index (χ0) is 35.8. The van der Waals surface area contributed by atoms with Crippen LogP contribution in [0.4, 0.5) is 39.1 Å². The number of alkyl halides is 3. The number of fused-ring (bicyclic) bond motifs is 1. The zero-order valence-electron chi connectivity index (χ0n) is 26.6. The number of benzene rings is 2. The predicted octanol–water partition coefficient (Wildman–Crippen LogP) is 4.29. The number of carbonyl (C=O) groups is 2. The third-order valence-electron chi connectivity index (χ3n) is 8.66. The second-order valence-electron chi connectivity index (χ2n) is 12.1. The smallest absolute Gasteiger partial charge is 0.381 e. The number of aromatic amines is 1. The summed E-state index contributed by atoms with van der Waals surface area (Å²) in [6, 6.07) is 8.25. The lowest BCUT2D eigenvalue weighted by molar-refractivity contribution is -0.171. The van der Waals surface area contributed by atoms with Crippen LogP contribution in [0.5, 0.6) is 0 Å². The van der Waals surface area contributed by atoms with Crippen LogP contribution < -0.4 is 15.1 Å². The minimum atomic E-state index is -5.26. The molecule has 266 valence electrons. The number of amides is 2. The van der Waals surface area contributed by atoms with E-state index in [9.17, 15) is 40.0 Å². The maximum atomic E-state index is 14.2. The Balaban J connectivity index is 1.37. The van der Waals surface area contributed by atoms with Crippen LogP contribution in [0.25, 0.3) is 11.0 Å². The van der Waals surface area contributed by atoms with Crippen molar-refractivity contribution in [3.05, 3.63) is 71.3 Å². The Labute approximate surface area is 283 Å². The van der Waals surface area contributed by atoms with Crippen molar-refractivity contribution < 1.29 is 44.7 Å². The molecule has 12 nitrogen and oxygen atoms in total. The van der Waals surface area contributed by atoms with E-state index in [0.717, 1.165) is 24.3 Å². The number of hydrogen-bond donors (Lipinski definition) is 2. The molecule has 2 aliphatic rings. The predicted molar refractivity (Wildman–Crippen MR) is 173 cm³/mol. The molecule has 0 saturated carbocycles. The number of aromatic nitrogens is 3. The van der Waals surface area contributed by atoms with Gasteiger partial charge in [0.1, 0.15) is 17.2 Å². The summed E-state index contributed by atoms with van der Waals surface area (Å²) in [5, 5.41) is 8.59. The average molecular weight is 722 g/mol. The molecule has 4 aromatic rings. The van der Waals surface area contributed by atoms with Gasteiger partial charge in [0.25, 0.3) is 5.91 Å². The standard InChI is InChI=1S/C32H32F5N7O5S/c1-42-10-12-43(13-11-42)22-3-4-23(26(17-22)44(31(46)32(35,36)37)21-8-14-49-15-9-21)30(45)39-29-28-25(40-41-29)6-7-27(38-28)50(47,48)18-19-16-20(33)2-5-24(19)34/h2-7,16-17,21H,8-15,18H2,1H3,(H2,39,40,41,45). The maximum absolute atomic E-state index is 14.2. The number of carbonyl (C=O) groups excluding carboxylic acids is 2. The van der Waals surface area contributed by atoms with Gasteiger partial charge in [0.15, 0.2) is 20.7 Å². The summed E-state index contributed by atoms with van der Waals surface area (Å²) in [5.41, 5.74) is -0.356. The number of nitrogens with one attached hydrogen (secondary N) is 2. The lowest BCUT2D eigenvalue weighted by atomic mass is 10.0. The summed E-state index contributed by atoms with van der Waals surface area (Å²) in [6.45, 7) is 2.75. The summed E-state index contributed by atoms with van der Waals surface area (Å²) in [5.74, 6) is -6.00. The number of piperazine rings is 1. The van der Waals surface area contributed by atoms with E-state index in [1.54, 1.807) is 6.07 Å². The number of halogens is 5. The van der Waals surface area contributed by atoms with Gasteiger partial charge < -0.3 is 24.8 Å². The third-order valence-corrected chi connectivity index (χ3v) is 10.2. The number of rotatable bonds is 8. The fourth-order valence-electron chi connectivity index (χ4n) is 5.97. The number of hydrogen-bond acceptors (Lipinski definition) is 9. The Morgan fingerprint density at radius 1 is 1.02 bits per heavy atom. The van der Waals surface area contributed by atoms with Gasteiger partial charge >= 0.3 is 12.1 Å². The number of ether oxygens (including phenoxy) is 1. The number of H-pyrrole nitrogens is 1. The first kappa shape index (κ1) is 35.2. The van der Waals surface area contributed by atoms with Gasteiger partial charge in [0, 0.05) is 56.7 Å². The summed E-state index contributed by atoms with van der Waals surface area (Å²) < 4.78 is 102. The first-order valence-electron chi connectivity index (χ1n) is 15.6. The van der Waals surface area contributed by atoms with Crippen LogP contribution in [0.15, 0.2) is 53.6 Å². The first-order chi connectivity index (χ1) is 23.7. The van der Waals surface area contributed by atoms with E-state index in [-0.39, 0.29) is 54.2 Å². The monoisotopic (exact) mass is 721 g/mol. The zero-order valence-corrected chi connectivity index (χ0v) is 27.5. The van der Waals surface area contributed by atoms with Gasteiger partial charge in [-0.05, 0) is 68.4 Å². The maximum Gasteiger partial charge on any atom is 0.471 e. The van der Waals surface area contributed by atoms with Gasteiger partial charge in [-0.25, -0.2) is 22.2 Å². The van der Waals surface area contributed by atoms with Gasteiger partial charge in [-0.15, -0.1) is 0 Å². The fourth-order valence-corrected chi connectivity index (χ4v) is 7.26. The summed E-state index contributed by atoms with van der Waals surface area (Å²) in [7, 11) is -2.39. The van der Waals surface area contributed by atoms with Crippen molar-refractivity contribution in [3.63, 3.8) is 0 Å². The van der Waals surface area contributed by atoms with E-state index in [4.69, 9.17) is 4.74 Å².